The third-order valence-corrected chi connectivity index (χ3v) is 2.91. The van der Waals surface area contributed by atoms with Gasteiger partial charge in [-0.2, -0.15) is 0 Å². The molecule has 14 heavy (non-hydrogen) atoms. The molecule has 1 aliphatic rings. The maximum absolute atomic E-state index is 5.50. The average Bonchev–Trinajstić information content (AvgIpc) is 2.27. The molecule has 3 nitrogen and oxygen atoms in total. The molecule has 76 valence electrons. The van der Waals surface area contributed by atoms with Crippen LogP contribution in [0.4, 0.5) is 5.69 Å². The Balaban J connectivity index is 2.43. The number of nitrogens with one attached hydrogen (secondary N) is 1. The van der Waals surface area contributed by atoms with E-state index in [2.05, 4.69) is 5.32 Å². The van der Waals surface area contributed by atoms with Gasteiger partial charge in [0.25, 0.3) is 0 Å². The number of rotatable bonds is 2. The second-order valence-corrected chi connectivity index (χ2v) is 3.79. The van der Waals surface area contributed by atoms with Crippen LogP contribution >= 0.6 is 11.8 Å². The molecule has 0 radical (unpaired) electrons. The molecule has 0 fully saturated rings. The Kier molecular flexibility index (Phi) is 2.72. The van der Waals surface area contributed by atoms with Crippen LogP contribution in [0, 0.1) is 0 Å². The second kappa shape index (κ2) is 4.00. The molecule has 2 rings (SSSR count). The molecule has 0 atom stereocenters. The van der Waals surface area contributed by atoms with Gasteiger partial charge in [-0.15, -0.1) is 11.8 Å². The monoisotopic (exact) mass is 211 g/mol. The standard InChI is InChI=1S/C10H13NO2S/c1-11-7-5-8-9(6-10(7)14-2)13-4-3-12-8/h5-6,11H,3-4H2,1-2H3. The third kappa shape index (κ3) is 1.62. The minimum atomic E-state index is 0.634. The van der Waals surface area contributed by atoms with E-state index in [4.69, 9.17) is 9.47 Å². The number of anilines is 1. The van der Waals surface area contributed by atoms with Crippen molar-refractivity contribution in [1.82, 2.24) is 0 Å². The summed E-state index contributed by atoms with van der Waals surface area (Å²) in [6, 6.07) is 4.01. The van der Waals surface area contributed by atoms with Crippen molar-refractivity contribution in [1.29, 1.82) is 0 Å². The lowest BCUT2D eigenvalue weighted by atomic mass is 10.2. The molecule has 4 heteroatoms. The van der Waals surface area contributed by atoms with Crippen LogP contribution in [-0.2, 0) is 0 Å². The molecule has 1 heterocycles. The fraction of sp³-hybridized carbons (Fsp3) is 0.400. The summed E-state index contributed by atoms with van der Waals surface area (Å²) >= 11 is 1.69. The van der Waals surface area contributed by atoms with E-state index >= 15 is 0 Å². The largest absolute Gasteiger partial charge is 0.486 e. The number of thioether (sulfide) groups is 1. The van der Waals surface area contributed by atoms with Gasteiger partial charge in [0.1, 0.15) is 13.2 Å². The van der Waals surface area contributed by atoms with Crippen molar-refractivity contribution in [3.05, 3.63) is 12.1 Å². The van der Waals surface area contributed by atoms with Crippen LogP contribution in [0.1, 0.15) is 0 Å². The molecular weight excluding hydrogens is 198 g/mol. The van der Waals surface area contributed by atoms with Crippen molar-refractivity contribution < 1.29 is 9.47 Å². The van der Waals surface area contributed by atoms with Crippen molar-refractivity contribution in [3.8, 4) is 11.5 Å². The summed E-state index contributed by atoms with van der Waals surface area (Å²) in [6.45, 7) is 1.27. The lowest BCUT2D eigenvalue weighted by Gasteiger charge is -2.20. The van der Waals surface area contributed by atoms with Gasteiger partial charge in [-0.1, -0.05) is 0 Å². The Morgan fingerprint density at radius 2 is 1.86 bits per heavy atom. The first-order chi connectivity index (χ1) is 6.85. The fourth-order valence-electron chi connectivity index (χ4n) is 1.43. The van der Waals surface area contributed by atoms with Crippen LogP contribution in [0.25, 0.3) is 0 Å². The smallest absolute Gasteiger partial charge is 0.163 e. The molecule has 1 aliphatic heterocycles. The van der Waals surface area contributed by atoms with E-state index in [1.165, 1.54) is 4.90 Å². The molecule has 0 saturated carbocycles. The lowest BCUT2D eigenvalue weighted by Crippen LogP contribution is -2.15. The van der Waals surface area contributed by atoms with Crippen LogP contribution < -0.4 is 14.8 Å². The quantitative estimate of drug-likeness (QED) is 0.760. The molecule has 1 N–H and O–H groups in total. The second-order valence-electron chi connectivity index (χ2n) is 2.95. The molecule has 1 aromatic rings. The van der Waals surface area contributed by atoms with E-state index in [0.717, 1.165) is 17.2 Å². The van der Waals surface area contributed by atoms with E-state index in [1.807, 2.05) is 25.4 Å². The molecule has 0 bridgehead atoms. The first-order valence-corrected chi connectivity index (χ1v) is 5.73. The summed E-state index contributed by atoms with van der Waals surface area (Å²) in [5.74, 6) is 1.68. The highest BCUT2D eigenvalue weighted by Crippen LogP contribution is 2.38. The molecule has 0 unspecified atom stereocenters. The zero-order valence-corrected chi connectivity index (χ0v) is 9.11. The molecule has 0 aliphatic carbocycles. The van der Waals surface area contributed by atoms with Gasteiger partial charge < -0.3 is 14.8 Å². The molecule has 0 aromatic heterocycles. The van der Waals surface area contributed by atoms with Gasteiger partial charge in [0.15, 0.2) is 11.5 Å². The van der Waals surface area contributed by atoms with Gasteiger partial charge in [0.05, 0.1) is 5.69 Å². The summed E-state index contributed by atoms with van der Waals surface area (Å²) in [5, 5.41) is 3.14. The fourth-order valence-corrected chi connectivity index (χ4v) is 2.04. The van der Waals surface area contributed by atoms with Gasteiger partial charge in [0, 0.05) is 18.0 Å². The summed E-state index contributed by atoms with van der Waals surface area (Å²) < 4.78 is 11.0. The minimum Gasteiger partial charge on any atom is -0.486 e. The van der Waals surface area contributed by atoms with Crippen LogP contribution in [0.5, 0.6) is 11.5 Å². The van der Waals surface area contributed by atoms with E-state index in [1.54, 1.807) is 11.8 Å². The number of hydrogen-bond acceptors (Lipinski definition) is 4. The van der Waals surface area contributed by atoms with Crippen molar-refractivity contribution in [2.75, 3.05) is 31.8 Å². The van der Waals surface area contributed by atoms with Crippen LogP contribution in [0.2, 0.25) is 0 Å². The highest BCUT2D eigenvalue weighted by Gasteiger charge is 2.14. The Hall–Kier alpha value is -1.03. The van der Waals surface area contributed by atoms with Crippen molar-refractivity contribution >= 4 is 17.4 Å². The Labute approximate surface area is 87.8 Å². The van der Waals surface area contributed by atoms with Crippen LogP contribution in [0.15, 0.2) is 17.0 Å². The van der Waals surface area contributed by atoms with Crippen molar-refractivity contribution in [2.24, 2.45) is 0 Å². The average molecular weight is 211 g/mol. The third-order valence-electron chi connectivity index (χ3n) is 2.13. The predicted octanol–water partition coefficient (Wildman–Crippen LogP) is 2.22. The van der Waals surface area contributed by atoms with E-state index in [0.29, 0.717) is 13.2 Å². The van der Waals surface area contributed by atoms with E-state index < -0.39 is 0 Å². The summed E-state index contributed by atoms with van der Waals surface area (Å²) in [4.78, 5) is 1.18. The molecule has 0 amide bonds. The Morgan fingerprint density at radius 1 is 1.21 bits per heavy atom. The summed E-state index contributed by atoms with van der Waals surface area (Å²) in [7, 11) is 1.91. The topological polar surface area (TPSA) is 30.5 Å². The van der Waals surface area contributed by atoms with E-state index in [9.17, 15) is 0 Å². The Bertz CT molecular complexity index is 297. The van der Waals surface area contributed by atoms with E-state index in [-0.39, 0.29) is 0 Å². The van der Waals surface area contributed by atoms with Crippen molar-refractivity contribution in [2.45, 2.75) is 4.90 Å². The van der Waals surface area contributed by atoms with Crippen LogP contribution in [-0.4, -0.2) is 26.5 Å². The molecular formula is C10H13NO2S. The predicted molar refractivity (Wildman–Crippen MR) is 58.8 cm³/mol. The normalized spacial score (nSPS) is 13.9. The maximum atomic E-state index is 5.50. The van der Waals surface area contributed by atoms with Crippen LogP contribution in [0.3, 0.4) is 0 Å². The molecule has 1 aromatic carbocycles. The van der Waals surface area contributed by atoms with Gasteiger partial charge in [-0.3, -0.25) is 0 Å². The molecule has 0 saturated heterocycles. The van der Waals surface area contributed by atoms with Crippen molar-refractivity contribution in [3.63, 3.8) is 0 Å². The minimum absolute atomic E-state index is 0.634. The number of benzene rings is 1. The SMILES string of the molecule is CNc1cc2c(cc1SC)OCCO2. The van der Waals surface area contributed by atoms with Gasteiger partial charge >= 0.3 is 0 Å². The lowest BCUT2D eigenvalue weighted by molar-refractivity contribution is 0.171. The highest BCUT2D eigenvalue weighted by molar-refractivity contribution is 7.98. The maximum Gasteiger partial charge on any atom is 0.163 e. The molecule has 0 spiro atoms. The van der Waals surface area contributed by atoms with Gasteiger partial charge in [0.2, 0.25) is 0 Å². The summed E-state index contributed by atoms with van der Waals surface area (Å²) in [6.07, 6.45) is 2.05. The zero-order chi connectivity index (χ0) is 9.97. The first-order valence-electron chi connectivity index (χ1n) is 4.50. The first kappa shape index (κ1) is 9.52. The zero-order valence-electron chi connectivity index (χ0n) is 8.29. The number of hydrogen-bond donors (Lipinski definition) is 1. The Morgan fingerprint density at radius 3 is 2.43 bits per heavy atom. The number of fused-ring (bicyclic) bond motifs is 1. The number of ether oxygens (including phenoxy) is 2. The van der Waals surface area contributed by atoms with Gasteiger partial charge in [-0.05, 0) is 12.3 Å². The summed E-state index contributed by atoms with van der Waals surface area (Å²) in [5.41, 5.74) is 1.08. The highest BCUT2D eigenvalue weighted by atomic mass is 32.2. The van der Waals surface area contributed by atoms with Gasteiger partial charge in [-0.25, -0.2) is 0 Å².